The molecule has 1 aliphatic carbocycles. The molecule has 0 bridgehead atoms. The first-order valence-corrected chi connectivity index (χ1v) is 6.01. The number of fused-ring (bicyclic) bond motifs is 1. The molecule has 1 aliphatic rings. The average molecular weight is 216 g/mol. The summed E-state index contributed by atoms with van der Waals surface area (Å²) in [5.41, 5.74) is 1.90. The van der Waals surface area contributed by atoms with E-state index in [4.69, 9.17) is 0 Å². The number of aromatic nitrogens is 2. The monoisotopic (exact) mass is 216 g/mol. The number of rotatable bonds is 1. The highest BCUT2D eigenvalue weighted by Gasteiger charge is 2.18. The Morgan fingerprint density at radius 3 is 2.81 bits per heavy atom. The molecule has 0 atom stereocenters. The molecule has 0 spiro atoms. The van der Waals surface area contributed by atoms with Gasteiger partial charge in [-0.1, -0.05) is 19.3 Å². The van der Waals surface area contributed by atoms with Crippen LogP contribution in [-0.2, 0) is 0 Å². The predicted molar refractivity (Wildman–Crippen MR) is 63.6 cm³/mol. The third kappa shape index (κ3) is 1.66. The van der Waals surface area contributed by atoms with Crippen molar-refractivity contribution in [3.05, 3.63) is 24.0 Å². The van der Waals surface area contributed by atoms with E-state index >= 15 is 0 Å². The Morgan fingerprint density at radius 1 is 1.19 bits per heavy atom. The minimum Gasteiger partial charge on any atom is -0.508 e. The number of nitrogens with zero attached hydrogens (tertiary/aromatic N) is 1. The number of phenols is 1. The first-order chi connectivity index (χ1) is 7.83. The van der Waals surface area contributed by atoms with Crippen LogP contribution in [0.15, 0.2) is 18.2 Å². The second kappa shape index (κ2) is 3.81. The van der Waals surface area contributed by atoms with Gasteiger partial charge >= 0.3 is 0 Å². The fourth-order valence-corrected chi connectivity index (χ4v) is 2.59. The third-order valence-electron chi connectivity index (χ3n) is 3.48. The number of hydrogen-bond donors (Lipinski definition) is 2. The van der Waals surface area contributed by atoms with Crippen molar-refractivity contribution in [1.29, 1.82) is 0 Å². The SMILES string of the molecule is Oc1ccc2nc(C3CCCCC3)[nH]c2c1. The summed E-state index contributed by atoms with van der Waals surface area (Å²) in [7, 11) is 0. The fourth-order valence-electron chi connectivity index (χ4n) is 2.59. The van der Waals surface area contributed by atoms with Crippen molar-refractivity contribution >= 4 is 11.0 Å². The topological polar surface area (TPSA) is 48.9 Å². The summed E-state index contributed by atoms with van der Waals surface area (Å²) >= 11 is 0. The summed E-state index contributed by atoms with van der Waals surface area (Å²) in [5.74, 6) is 1.98. The van der Waals surface area contributed by atoms with Crippen LogP contribution in [0.2, 0.25) is 0 Å². The lowest BCUT2D eigenvalue weighted by atomic mass is 9.89. The number of benzene rings is 1. The van der Waals surface area contributed by atoms with Crippen LogP contribution in [0.4, 0.5) is 0 Å². The normalized spacial score (nSPS) is 18.0. The van der Waals surface area contributed by atoms with E-state index in [0.717, 1.165) is 16.9 Å². The van der Waals surface area contributed by atoms with Crippen molar-refractivity contribution in [2.45, 2.75) is 38.0 Å². The number of aromatic amines is 1. The number of nitrogens with one attached hydrogen (secondary N) is 1. The lowest BCUT2D eigenvalue weighted by Crippen LogP contribution is -2.05. The van der Waals surface area contributed by atoms with Gasteiger partial charge in [0, 0.05) is 12.0 Å². The second-order valence-electron chi connectivity index (χ2n) is 4.66. The number of aromatic hydroxyl groups is 1. The number of hydrogen-bond acceptors (Lipinski definition) is 2. The number of imidazole rings is 1. The van der Waals surface area contributed by atoms with Crippen LogP contribution in [0, 0.1) is 0 Å². The molecule has 84 valence electrons. The van der Waals surface area contributed by atoms with Crippen molar-refractivity contribution in [1.82, 2.24) is 9.97 Å². The largest absolute Gasteiger partial charge is 0.508 e. The predicted octanol–water partition coefficient (Wildman–Crippen LogP) is 3.32. The van der Waals surface area contributed by atoms with Gasteiger partial charge in [-0.05, 0) is 25.0 Å². The van der Waals surface area contributed by atoms with E-state index in [1.807, 2.05) is 6.07 Å². The molecule has 1 saturated carbocycles. The van der Waals surface area contributed by atoms with E-state index in [2.05, 4.69) is 9.97 Å². The Bertz CT molecular complexity index is 498. The van der Waals surface area contributed by atoms with Crippen molar-refractivity contribution in [3.63, 3.8) is 0 Å². The second-order valence-corrected chi connectivity index (χ2v) is 4.66. The fraction of sp³-hybridized carbons (Fsp3) is 0.462. The third-order valence-corrected chi connectivity index (χ3v) is 3.48. The molecule has 2 N–H and O–H groups in total. The molecule has 16 heavy (non-hydrogen) atoms. The van der Waals surface area contributed by atoms with Gasteiger partial charge in [-0.3, -0.25) is 0 Å². The first-order valence-electron chi connectivity index (χ1n) is 6.01. The summed E-state index contributed by atoms with van der Waals surface area (Å²) in [6, 6.07) is 5.30. The van der Waals surface area contributed by atoms with Crippen molar-refractivity contribution in [2.24, 2.45) is 0 Å². The van der Waals surface area contributed by atoms with Crippen LogP contribution in [-0.4, -0.2) is 15.1 Å². The van der Waals surface area contributed by atoms with E-state index in [1.165, 1.54) is 32.1 Å². The Morgan fingerprint density at radius 2 is 2.00 bits per heavy atom. The number of H-pyrrole nitrogens is 1. The van der Waals surface area contributed by atoms with Gasteiger partial charge in [0.15, 0.2) is 0 Å². The highest BCUT2D eigenvalue weighted by atomic mass is 16.3. The number of phenolic OH excluding ortho intramolecular Hbond substituents is 1. The summed E-state index contributed by atoms with van der Waals surface area (Å²) in [6.07, 6.45) is 6.47. The van der Waals surface area contributed by atoms with Crippen LogP contribution in [0.1, 0.15) is 43.8 Å². The minimum absolute atomic E-state index is 0.298. The van der Waals surface area contributed by atoms with Gasteiger partial charge in [0.25, 0.3) is 0 Å². The minimum atomic E-state index is 0.298. The van der Waals surface area contributed by atoms with E-state index < -0.39 is 0 Å². The molecule has 1 fully saturated rings. The zero-order valence-electron chi connectivity index (χ0n) is 9.24. The van der Waals surface area contributed by atoms with Crippen molar-refractivity contribution in [3.8, 4) is 5.75 Å². The van der Waals surface area contributed by atoms with Crippen molar-refractivity contribution < 1.29 is 5.11 Å². The molecular weight excluding hydrogens is 200 g/mol. The van der Waals surface area contributed by atoms with E-state index in [1.54, 1.807) is 12.1 Å². The van der Waals surface area contributed by atoms with Crippen LogP contribution < -0.4 is 0 Å². The highest BCUT2D eigenvalue weighted by molar-refractivity contribution is 5.76. The Kier molecular flexibility index (Phi) is 2.31. The summed E-state index contributed by atoms with van der Waals surface area (Å²) in [6.45, 7) is 0. The summed E-state index contributed by atoms with van der Waals surface area (Å²) in [4.78, 5) is 7.95. The summed E-state index contributed by atoms with van der Waals surface area (Å²) < 4.78 is 0. The van der Waals surface area contributed by atoms with Crippen LogP contribution in [0.5, 0.6) is 5.75 Å². The Balaban J connectivity index is 1.97. The van der Waals surface area contributed by atoms with E-state index in [9.17, 15) is 5.11 Å². The smallest absolute Gasteiger partial charge is 0.117 e. The highest BCUT2D eigenvalue weighted by Crippen LogP contribution is 2.32. The Hall–Kier alpha value is -1.51. The molecule has 3 rings (SSSR count). The average Bonchev–Trinajstić information content (AvgIpc) is 2.73. The molecule has 3 heteroatoms. The van der Waals surface area contributed by atoms with Crippen LogP contribution in [0.3, 0.4) is 0 Å². The molecule has 0 aliphatic heterocycles. The zero-order chi connectivity index (χ0) is 11.0. The molecule has 1 heterocycles. The van der Waals surface area contributed by atoms with Gasteiger partial charge in [0.2, 0.25) is 0 Å². The molecule has 1 aromatic heterocycles. The van der Waals surface area contributed by atoms with Gasteiger partial charge < -0.3 is 10.1 Å². The van der Waals surface area contributed by atoms with Gasteiger partial charge in [-0.25, -0.2) is 4.98 Å². The van der Waals surface area contributed by atoms with Crippen molar-refractivity contribution in [2.75, 3.05) is 0 Å². The van der Waals surface area contributed by atoms with Gasteiger partial charge in [0.05, 0.1) is 11.0 Å². The lowest BCUT2D eigenvalue weighted by molar-refractivity contribution is 0.431. The Labute approximate surface area is 94.5 Å². The molecule has 3 nitrogen and oxygen atoms in total. The standard InChI is InChI=1S/C13H16N2O/c16-10-6-7-11-12(8-10)15-13(14-11)9-4-2-1-3-5-9/h6-9,16H,1-5H2,(H,14,15). The van der Waals surface area contributed by atoms with Crippen LogP contribution >= 0.6 is 0 Å². The molecule has 0 unspecified atom stereocenters. The quantitative estimate of drug-likeness (QED) is 0.768. The molecule has 0 amide bonds. The van der Waals surface area contributed by atoms with Gasteiger partial charge in [0.1, 0.15) is 11.6 Å². The maximum absolute atomic E-state index is 9.40. The molecule has 1 aromatic carbocycles. The van der Waals surface area contributed by atoms with E-state index in [0.29, 0.717) is 11.7 Å². The first kappa shape index (κ1) is 9.70. The van der Waals surface area contributed by atoms with Gasteiger partial charge in [-0.15, -0.1) is 0 Å². The maximum atomic E-state index is 9.40. The molecule has 0 saturated heterocycles. The summed E-state index contributed by atoms with van der Waals surface area (Å²) in [5, 5.41) is 9.40. The van der Waals surface area contributed by atoms with Gasteiger partial charge in [-0.2, -0.15) is 0 Å². The molecule has 0 radical (unpaired) electrons. The zero-order valence-corrected chi connectivity index (χ0v) is 9.24. The van der Waals surface area contributed by atoms with E-state index in [-0.39, 0.29) is 0 Å². The lowest BCUT2D eigenvalue weighted by Gasteiger charge is -2.18. The van der Waals surface area contributed by atoms with Crippen LogP contribution in [0.25, 0.3) is 11.0 Å². The molecular formula is C13H16N2O. The molecule has 2 aromatic rings. The maximum Gasteiger partial charge on any atom is 0.117 e.